The summed E-state index contributed by atoms with van der Waals surface area (Å²) in [6, 6.07) is 14.7. The quantitative estimate of drug-likeness (QED) is 0.566. The first-order valence-electron chi connectivity index (χ1n) is 10.4. The number of benzene rings is 2. The van der Waals surface area contributed by atoms with E-state index in [0.717, 1.165) is 37.9 Å². The number of nitrogens with one attached hydrogen (secondary N) is 1. The van der Waals surface area contributed by atoms with E-state index in [1.165, 1.54) is 0 Å². The molecule has 1 aliphatic rings. The van der Waals surface area contributed by atoms with Crippen LogP contribution in [0.5, 0.6) is 0 Å². The van der Waals surface area contributed by atoms with E-state index in [9.17, 15) is 19.2 Å². The maximum absolute atomic E-state index is 12.6. The van der Waals surface area contributed by atoms with Crippen molar-refractivity contribution >= 4 is 45.7 Å². The summed E-state index contributed by atoms with van der Waals surface area (Å²) in [5, 5.41) is 7.74. The molecule has 0 saturated carbocycles. The zero-order valence-corrected chi connectivity index (χ0v) is 19.0. The van der Waals surface area contributed by atoms with Crippen molar-refractivity contribution in [3.8, 4) is 0 Å². The summed E-state index contributed by atoms with van der Waals surface area (Å²) in [6.07, 6.45) is 1.68. The number of aromatic nitrogens is 2. The Kier molecular flexibility index (Phi) is 6.41. The molecule has 2 aromatic carbocycles. The van der Waals surface area contributed by atoms with Crippen LogP contribution < -0.4 is 10.9 Å². The summed E-state index contributed by atoms with van der Waals surface area (Å²) in [6.45, 7) is 3.62. The second-order valence-electron chi connectivity index (χ2n) is 7.69. The summed E-state index contributed by atoms with van der Waals surface area (Å²) in [5.74, 6) is -0.815. The highest BCUT2D eigenvalue weighted by atomic mass is 32.2. The maximum atomic E-state index is 12.6. The SMILES string of the molecule is Cc1ccc(/C=C2\SC(=O)N(CCNC(=O)Cn3nc(C)c4ccccc4c3=O)C2=O)cc1. The van der Waals surface area contributed by atoms with Crippen LogP contribution in [0.1, 0.15) is 16.8 Å². The minimum atomic E-state index is -0.429. The predicted molar refractivity (Wildman–Crippen MR) is 128 cm³/mol. The van der Waals surface area contributed by atoms with Gasteiger partial charge in [-0.15, -0.1) is 0 Å². The largest absolute Gasteiger partial charge is 0.353 e. The van der Waals surface area contributed by atoms with Crippen LogP contribution in [-0.4, -0.2) is 44.8 Å². The molecular weight excluding hydrogens is 440 g/mol. The van der Waals surface area contributed by atoms with Crippen LogP contribution in [0.25, 0.3) is 16.8 Å². The molecule has 1 aromatic heterocycles. The minimum Gasteiger partial charge on any atom is -0.353 e. The molecule has 9 heteroatoms. The van der Waals surface area contributed by atoms with Gasteiger partial charge in [-0.25, -0.2) is 4.68 Å². The molecule has 1 N–H and O–H groups in total. The number of rotatable bonds is 6. The van der Waals surface area contributed by atoms with Gasteiger partial charge in [0.05, 0.1) is 16.0 Å². The number of imide groups is 1. The number of amides is 3. The Morgan fingerprint density at radius 1 is 1.03 bits per heavy atom. The first kappa shape index (κ1) is 22.5. The Morgan fingerprint density at radius 3 is 2.45 bits per heavy atom. The molecule has 2 heterocycles. The summed E-state index contributed by atoms with van der Waals surface area (Å²) >= 11 is 0.877. The van der Waals surface area contributed by atoms with Gasteiger partial charge in [0.15, 0.2) is 0 Å². The van der Waals surface area contributed by atoms with Crippen molar-refractivity contribution in [3.05, 3.63) is 80.6 Å². The molecule has 3 aromatic rings. The number of fused-ring (bicyclic) bond motifs is 1. The molecule has 0 spiro atoms. The number of thioether (sulfide) groups is 1. The number of aryl methyl sites for hydroxylation is 2. The molecule has 8 nitrogen and oxygen atoms in total. The third-order valence-corrected chi connectivity index (χ3v) is 6.16. The van der Waals surface area contributed by atoms with Crippen molar-refractivity contribution in [3.63, 3.8) is 0 Å². The van der Waals surface area contributed by atoms with Gasteiger partial charge in [0.2, 0.25) is 5.91 Å². The van der Waals surface area contributed by atoms with Gasteiger partial charge in [0, 0.05) is 18.5 Å². The molecule has 1 saturated heterocycles. The maximum Gasteiger partial charge on any atom is 0.293 e. The number of hydrogen-bond acceptors (Lipinski definition) is 6. The first-order valence-corrected chi connectivity index (χ1v) is 11.2. The van der Waals surface area contributed by atoms with E-state index in [0.29, 0.717) is 16.0 Å². The van der Waals surface area contributed by atoms with Crippen LogP contribution in [0.4, 0.5) is 4.79 Å². The van der Waals surface area contributed by atoms with Crippen molar-refractivity contribution in [1.29, 1.82) is 0 Å². The summed E-state index contributed by atoms with van der Waals surface area (Å²) in [5.41, 5.74) is 2.24. The predicted octanol–water partition coefficient (Wildman–Crippen LogP) is 2.87. The Hall–Kier alpha value is -3.72. The van der Waals surface area contributed by atoms with Gasteiger partial charge in [-0.05, 0) is 43.3 Å². The van der Waals surface area contributed by atoms with Gasteiger partial charge >= 0.3 is 0 Å². The molecule has 0 radical (unpaired) electrons. The van der Waals surface area contributed by atoms with Crippen LogP contribution in [0, 0.1) is 13.8 Å². The first-order chi connectivity index (χ1) is 15.8. The third kappa shape index (κ3) is 4.88. The van der Waals surface area contributed by atoms with Crippen LogP contribution in [0.3, 0.4) is 0 Å². The lowest BCUT2D eigenvalue weighted by Gasteiger charge is -2.13. The average Bonchev–Trinajstić information content (AvgIpc) is 3.06. The molecule has 1 aliphatic heterocycles. The summed E-state index contributed by atoms with van der Waals surface area (Å²) in [4.78, 5) is 51.3. The molecule has 0 aliphatic carbocycles. The molecule has 3 amide bonds. The molecule has 0 atom stereocenters. The molecule has 0 unspecified atom stereocenters. The van der Waals surface area contributed by atoms with E-state index in [1.54, 1.807) is 25.1 Å². The number of nitrogens with zero attached hydrogens (tertiary/aromatic N) is 3. The molecular formula is C24H22N4O4S. The van der Waals surface area contributed by atoms with Crippen molar-refractivity contribution < 1.29 is 14.4 Å². The second kappa shape index (κ2) is 9.41. The van der Waals surface area contributed by atoms with Gasteiger partial charge < -0.3 is 5.32 Å². The van der Waals surface area contributed by atoms with Crippen molar-refractivity contribution in [2.45, 2.75) is 20.4 Å². The molecule has 168 valence electrons. The second-order valence-corrected chi connectivity index (χ2v) is 8.68. The lowest BCUT2D eigenvalue weighted by atomic mass is 10.1. The van der Waals surface area contributed by atoms with E-state index in [2.05, 4.69) is 10.4 Å². The minimum absolute atomic E-state index is 0.0424. The zero-order valence-electron chi connectivity index (χ0n) is 18.2. The number of hydrogen-bond donors (Lipinski definition) is 1. The molecule has 4 rings (SSSR count). The van der Waals surface area contributed by atoms with E-state index in [4.69, 9.17) is 0 Å². The van der Waals surface area contributed by atoms with Gasteiger partial charge in [0.25, 0.3) is 16.7 Å². The monoisotopic (exact) mass is 462 g/mol. The van der Waals surface area contributed by atoms with Crippen molar-refractivity contribution in [1.82, 2.24) is 20.0 Å². The molecule has 0 bridgehead atoms. The van der Waals surface area contributed by atoms with E-state index in [1.807, 2.05) is 43.3 Å². The molecule has 1 fully saturated rings. The smallest absolute Gasteiger partial charge is 0.293 e. The normalized spacial score (nSPS) is 15.0. The van der Waals surface area contributed by atoms with Gasteiger partial charge in [-0.1, -0.05) is 48.0 Å². The lowest BCUT2D eigenvalue weighted by molar-refractivity contribution is -0.124. The topological polar surface area (TPSA) is 101 Å². The fourth-order valence-electron chi connectivity index (χ4n) is 3.52. The average molecular weight is 463 g/mol. The number of carbonyl (C=O) groups is 3. The Balaban J connectivity index is 1.36. The summed E-state index contributed by atoms with van der Waals surface area (Å²) < 4.78 is 1.12. The van der Waals surface area contributed by atoms with Crippen LogP contribution in [0.15, 0.2) is 58.2 Å². The Morgan fingerprint density at radius 2 is 1.73 bits per heavy atom. The Bertz CT molecular complexity index is 1340. The highest BCUT2D eigenvalue weighted by Gasteiger charge is 2.34. The van der Waals surface area contributed by atoms with Crippen LogP contribution >= 0.6 is 11.8 Å². The highest BCUT2D eigenvalue weighted by molar-refractivity contribution is 8.18. The highest BCUT2D eigenvalue weighted by Crippen LogP contribution is 2.31. The van der Waals surface area contributed by atoms with E-state index in [-0.39, 0.29) is 36.3 Å². The third-order valence-electron chi connectivity index (χ3n) is 5.25. The molecule has 33 heavy (non-hydrogen) atoms. The Labute approximate surface area is 194 Å². The lowest BCUT2D eigenvalue weighted by Crippen LogP contribution is -2.39. The van der Waals surface area contributed by atoms with Crippen molar-refractivity contribution in [2.24, 2.45) is 0 Å². The van der Waals surface area contributed by atoms with Crippen LogP contribution in [-0.2, 0) is 16.1 Å². The van der Waals surface area contributed by atoms with Crippen molar-refractivity contribution in [2.75, 3.05) is 13.1 Å². The van der Waals surface area contributed by atoms with Gasteiger partial charge in [-0.2, -0.15) is 5.10 Å². The van der Waals surface area contributed by atoms with Gasteiger partial charge in [-0.3, -0.25) is 24.1 Å². The standard InChI is InChI=1S/C24H22N4O4S/c1-15-7-9-17(10-8-15)13-20-23(31)27(24(32)33-20)12-11-25-21(29)14-28-22(30)19-6-4-3-5-18(19)16(2)26-28/h3-10,13H,11-12,14H2,1-2H3,(H,25,29)/b20-13-. The van der Waals surface area contributed by atoms with E-state index >= 15 is 0 Å². The zero-order chi connectivity index (χ0) is 23.5. The number of carbonyl (C=O) groups excluding carboxylic acids is 3. The van der Waals surface area contributed by atoms with Crippen LogP contribution in [0.2, 0.25) is 0 Å². The van der Waals surface area contributed by atoms with E-state index < -0.39 is 5.91 Å². The fourth-order valence-corrected chi connectivity index (χ4v) is 4.38. The summed E-state index contributed by atoms with van der Waals surface area (Å²) in [7, 11) is 0. The van der Waals surface area contributed by atoms with Gasteiger partial charge in [0.1, 0.15) is 6.54 Å². The fraction of sp³-hybridized carbons (Fsp3) is 0.208.